The first-order chi connectivity index (χ1) is 12.7. The van der Waals surface area contributed by atoms with Crippen LogP contribution in [0, 0.1) is 11.8 Å². The second-order valence-corrected chi connectivity index (χ2v) is 14.5. The molecule has 156 valence electrons. The number of hydrogen-bond acceptors (Lipinski definition) is 7. The molecule has 0 bridgehead atoms. The number of amides is 1. The zero-order valence-corrected chi connectivity index (χ0v) is 19.9. The fraction of sp³-hybridized carbons (Fsp3) is 0.632. The van der Waals surface area contributed by atoms with Crippen LogP contribution in [0.3, 0.4) is 0 Å². The van der Waals surface area contributed by atoms with Gasteiger partial charge in [-0.1, -0.05) is 43.9 Å². The van der Waals surface area contributed by atoms with Crippen LogP contribution in [0.25, 0.3) is 0 Å². The van der Waals surface area contributed by atoms with E-state index in [1.54, 1.807) is 20.8 Å². The van der Waals surface area contributed by atoms with E-state index >= 15 is 0 Å². The van der Waals surface area contributed by atoms with Gasteiger partial charge in [0.1, 0.15) is 10.5 Å². The number of aromatic nitrogens is 1. The molecule has 9 heteroatoms. The van der Waals surface area contributed by atoms with Crippen molar-refractivity contribution in [2.24, 2.45) is 0 Å². The highest BCUT2D eigenvalue weighted by Gasteiger charge is 2.36. The molecule has 1 aromatic rings. The summed E-state index contributed by atoms with van der Waals surface area (Å²) in [6, 6.07) is 0. The molecule has 0 saturated carbocycles. The molecule has 0 radical (unpaired) electrons. The van der Waals surface area contributed by atoms with Crippen molar-refractivity contribution in [1.29, 1.82) is 0 Å². The minimum atomic E-state index is -1.90. The second kappa shape index (κ2) is 9.07. The maximum atomic E-state index is 12.0. The molecule has 0 spiro atoms. The van der Waals surface area contributed by atoms with Crippen molar-refractivity contribution in [3.63, 3.8) is 0 Å². The van der Waals surface area contributed by atoms with Gasteiger partial charge in [-0.2, -0.15) is 0 Å². The predicted octanol–water partition coefficient (Wildman–Crippen LogP) is 4.65. The fourth-order valence-corrected chi connectivity index (χ4v) is 3.31. The highest BCUT2D eigenvalue weighted by Crippen LogP contribution is 2.36. The molecule has 0 atom stereocenters. The van der Waals surface area contributed by atoms with Crippen LogP contribution in [0.5, 0.6) is 0 Å². The molecule has 1 amide bonds. The molecule has 0 aliphatic rings. The molecule has 0 fully saturated rings. The highest BCUT2D eigenvalue weighted by molar-refractivity contribution is 7.16. The summed E-state index contributed by atoms with van der Waals surface area (Å²) < 4.78 is 16.0. The van der Waals surface area contributed by atoms with Crippen molar-refractivity contribution in [2.45, 2.75) is 65.3 Å². The summed E-state index contributed by atoms with van der Waals surface area (Å²) in [7, 11) is -0.640. The highest BCUT2D eigenvalue weighted by atomic mass is 32.1. The summed E-state index contributed by atoms with van der Waals surface area (Å²) in [5.41, 5.74) is -0.589. The molecule has 1 N–H and O–H groups in total. The Hall–Kier alpha value is -1.89. The van der Waals surface area contributed by atoms with Gasteiger partial charge in [0.25, 0.3) is 0 Å². The topological polar surface area (TPSA) is 86.8 Å². The van der Waals surface area contributed by atoms with Gasteiger partial charge in [0, 0.05) is 0 Å². The average Bonchev–Trinajstić information content (AvgIpc) is 2.90. The van der Waals surface area contributed by atoms with Crippen molar-refractivity contribution in [3.05, 3.63) is 10.6 Å². The van der Waals surface area contributed by atoms with E-state index in [1.807, 2.05) is 0 Å². The van der Waals surface area contributed by atoms with Crippen LogP contribution in [0.2, 0.25) is 18.1 Å². The third-order valence-corrected chi connectivity index (χ3v) is 9.49. The molecule has 0 unspecified atom stereocenters. The zero-order valence-electron chi connectivity index (χ0n) is 18.1. The lowest BCUT2D eigenvalue weighted by Gasteiger charge is -2.35. The molecule has 0 aliphatic carbocycles. The molecular weight excluding hydrogens is 396 g/mol. The monoisotopic (exact) mass is 426 g/mol. The lowest BCUT2D eigenvalue weighted by atomic mass is 10.2. The Morgan fingerprint density at radius 1 is 1.18 bits per heavy atom. The first kappa shape index (κ1) is 24.1. The summed E-state index contributed by atoms with van der Waals surface area (Å²) in [5.74, 6) is 5.22. The van der Waals surface area contributed by atoms with Gasteiger partial charge in [-0.05, 0) is 38.9 Å². The molecule has 7 nitrogen and oxygen atoms in total. The van der Waals surface area contributed by atoms with E-state index in [1.165, 1.54) is 7.11 Å². The number of nitrogens with zero attached hydrogens (tertiary/aromatic N) is 1. The van der Waals surface area contributed by atoms with Crippen LogP contribution >= 0.6 is 11.3 Å². The van der Waals surface area contributed by atoms with E-state index in [9.17, 15) is 9.59 Å². The number of carbonyl (C=O) groups is 2. The normalized spacial score (nSPS) is 12.0. The van der Waals surface area contributed by atoms with Crippen molar-refractivity contribution < 1.29 is 23.5 Å². The van der Waals surface area contributed by atoms with Gasteiger partial charge in [-0.15, -0.1) is 0 Å². The molecule has 0 aromatic carbocycles. The summed E-state index contributed by atoms with van der Waals surface area (Å²) in [5, 5.41) is 2.82. The van der Waals surface area contributed by atoms with Gasteiger partial charge in [-0.3, -0.25) is 5.32 Å². The lowest BCUT2D eigenvalue weighted by Crippen LogP contribution is -2.40. The Kier molecular flexibility index (Phi) is 7.82. The molecular formula is C19H30N2O5SSi. The van der Waals surface area contributed by atoms with Crippen LogP contribution in [-0.4, -0.2) is 44.7 Å². The Balaban J connectivity index is 2.96. The van der Waals surface area contributed by atoms with Crippen LogP contribution in [-0.2, 0) is 13.9 Å². The van der Waals surface area contributed by atoms with Crippen molar-refractivity contribution in [3.8, 4) is 11.8 Å². The van der Waals surface area contributed by atoms with Crippen molar-refractivity contribution in [2.75, 3.05) is 19.0 Å². The van der Waals surface area contributed by atoms with Crippen molar-refractivity contribution >= 4 is 36.8 Å². The number of esters is 1. The summed E-state index contributed by atoms with van der Waals surface area (Å²) >= 11 is 1.08. The molecule has 0 saturated heterocycles. The number of hydrogen-bond donors (Lipinski definition) is 1. The van der Waals surface area contributed by atoms with Crippen LogP contribution < -0.4 is 5.32 Å². The molecule has 1 rings (SSSR count). The molecule has 0 aliphatic heterocycles. The number of thiazole rings is 1. The maximum absolute atomic E-state index is 12.0. The molecule has 28 heavy (non-hydrogen) atoms. The van der Waals surface area contributed by atoms with Gasteiger partial charge >= 0.3 is 12.1 Å². The molecule has 1 heterocycles. The van der Waals surface area contributed by atoms with Crippen molar-refractivity contribution in [1.82, 2.24) is 4.98 Å². The first-order valence-corrected chi connectivity index (χ1v) is 12.6. The Morgan fingerprint density at radius 3 is 2.29 bits per heavy atom. The van der Waals surface area contributed by atoms with Crippen LogP contribution in [0.1, 0.15) is 56.9 Å². The van der Waals surface area contributed by atoms with E-state index in [4.69, 9.17) is 13.9 Å². The average molecular weight is 427 g/mol. The van der Waals surface area contributed by atoms with E-state index in [2.05, 4.69) is 56.0 Å². The van der Waals surface area contributed by atoms with Gasteiger partial charge in [0.2, 0.25) is 0 Å². The smallest absolute Gasteiger partial charge is 0.413 e. The van der Waals surface area contributed by atoms with E-state index in [0.29, 0.717) is 4.88 Å². The minimum Gasteiger partial charge on any atom is -0.464 e. The molecule has 1 aromatic heterocycles. The third-order valence-electron chi connectivity index (χ3n) is 4.13. The number of methoxy groups -OCH3 is 1. The van der Waals surface area contributed by atoms with Gasteiger partial charge < -0.3 is 13.9 Å². The lowest BCUT2D eigenvalue weighted by molar-refractivity contribution is 0.0590. The third kappa shape index (κ3) is 7.26. The predicted molar refractivity (Wildman–Crippen MR) is 113 cm³/mol. The quantitative estimate of drug-likeness (QED) is 0.428. The maximum Gasteiger partial charge on any atom is 0.413 e. The summed E-state index contributed by atoms with van der Waals surface area (Å²) in [4.78, 5) is 28.4. The first-order valence-electron chi connectivity index (χ1n) is 8.88. The van der Waals surface area contributed by atoms with Gasteiger partial charge in [-0.25, -0.2) is 14.6 Å². The van der Waals surface area contributed by atoms with Gasteiger partial charge in [0.15, 0.2) is 19.1 Å². The largest absolute Gasteiger partial charge is 0.464 e. The van der Waals surface area contributed by atoms with Crippen LogP contribution in [0.15, 0.2) is 0 Å². The Labute approximate surface area is 172 Å². The Bertz CT molecular complexity index is 779. The standard InChI is InChI=1S/C19H30N2O5SSi/c1-18(2,3)26-17(23)21-16-20-14(15(22)24-7)13(27-16)11-10-12-25-28(8,9)19(4,5)6/h12H2,1-9H3,(H,20,21,23). The minimum absolute atomic E-state index is 0.0541. The number of rotatable bonds is 4. The van der Waals surface area contributed by atoms with E-state index in [0.717, 1.165) is 11.3 Å². The van der Waals surface area contributed by atoms with Crippen LogP contribution in [0.4, 0.5) is 9.93 Å². The SMILES string of the molecule is COC(=O)c1nc(NC(=O)OC(C)(C)C)sc1C#CCO[Si](C)(C)C(C)(C)C. The summed E-state index contributed by atoms with van der Waals surface area (Å²) in [6.45, 7) is 16.3. The Morgan fingerprint density at radius 2 is 1.79 bits per heavy atom. The second-order valence-electron chi connectivity index (χ2n) is 8.67. The number of ether oxygens (including phenoxy) is 2. The number of nitrogens with one attached hydrogen (secondary N) is 1. The number of anilines is 1. The summed E-state index contributed by atoms with van der Waals surface area (Å²) in [6.07, 6.45) is -0.654. The number of carbonyl (C=O) groups excluding carboxylic acids is 2. The van der Waals surface area contributed by atoms with E-state index < -0.39 is 26.0 Å². The fourth-order valence-electron chi connectivity index (χ4n) is 1.63. The van der Waals surface area contributed by atoms with E-state index in [-0.39, 0.29) is 22.5 Å². The van der Waals surface area contributed by atoms with Gasteiger partial charge in [0.05, 0.1) is 13.7 Å². The zero-order chi connectivity index (χ0) is 21.8.